The second-order valence-electron chi connectivity index (χ2n) is 4.80. The smallest absolute Gasteiger partial charge is 0.0443 e. The summed E-state index contributed by atoms with van der Waals surface area (Å²) in [6.45, 7) is 7.00. The van der Waals surface area contributed by atoms with Gasteiger partial charge in [0.15, 0.2) is 0 Å². The molecule has 1 atom stereocenters. The van der Waals surface area contributed by atoms with Crippen molar-refractivity contribution < 1.29 is 0 Å². The molecule has 86 valence electrons. The highest BCUT2D eigenvalue weighted by Gasteiger charge is 2.00. The number of unbranched alkanes of at least 4 members (excludes halogenated alkanes) is 6. The summed E-state index contributed by atoms with van der Waals surface area (Å²) in [5, 5.41) is 0. The molecule has 0 aromatic carbocycles. The van der Waals surface area contributed by atoms with Crippen LogP contribution < -0.4 is 0 Å². The van der Waals surface area contributed by atoms with Gasteiger partial charge in [-0.2, -0.15) is 0 Å². The maximum absolute atomic E-state index is 2.43. The van der Waals surface area contributed by atoms with Gasteiger partial charge in [0.05, 0.1) is 0 Å². The summed E-state index contributed by atoms with van der Waals surface area (Å²) >= 11 is 0. The van der Waals surface area contributed by atoms with E-state index in [1.54, 1.807) is 0 Å². The topological polar surface area (TPSA) is 0 Å². The molecule has 0 heterocycles. The van der Waals surface area contributed by atoms with Gasteiger partial charge in [0.1, 0.15) is 0 Å². The molecule has 0 bridgehead atoms. The average molecular weight is 198 g/mol. The molecule has 0 aliphatic rings. The van der Waals surface area contributed by atoms with E-state index in [1.165, 1.54) is 64.2 Å². The molecule has 0 saturated carbocycles. The van der Waals surface area contributed by atoms with E-state index >= 15 is 0 Å². The Balaban J connectivity index is 3.06. The Hall–Kier alpha value is 0. The molecule has 0 rings (SSSR count). The van der Waals surface area contributed by atoms with Crippen molar-refractivity contribution in [3.63, 3.8) is 0 Å². The van der Waals surface area contributed by atoms with Crippen LogP contribution in [0.2, 0.25) is 0 Å². The Morgan fingerprint density at radius 1 is 0.643 bits per heavy atom. The van der Waals surface area contributed by atoms with Crippen LogP contribution in [0.4, 0.5) is 0 Å². The first-order chi connectivity index (χ1) is 6.81. The summed E-state index contributed by atoms with van der Waals surface area (Å²) in [6, 6.07) is 0. The van der Waals surface area contributed by atoms with E-state index in [2.05, 4.69) is 20.8 Å². The molecule has 0 aromatic heterocycles. The first-order valence-electron chi connectivity index (χ1n) is 6.81. The summed E-state index contributed by atoms with van der Waals surface area (Å²) in [6.07, 6.45) is 14.4. The molecule has 0 aliphatic carbocycles. The SMILES string of the molecule is CCCCCCC[C@@H](C)CCCCC. The van der Waals surface area contributed by atoms with Crippen molar-refractivity contribution in [2.45, 2.75) is 85.0 Å². The maximum atomic E-state index is 2.43. The van der Waals surface area contributed by atoms with Crippen molar-refractivity contribution in [2.24, 2.45) is 5.92 Å². The lowest BCUT2D eigenvalue weighted by molar-refractivity contribution is 0.437. The van der Waals surface area contributed by atoms with Crippen LogP contribution in [0.5, 0.6) is 0 Å². The van der Waals surface area contributed by atoms with Gasteiger partial charge in [0, 0.05) is 0 Å². The zero-order chi connectivity index (χ0) is 10.6. The highest BCUT2D eigenvalue weighted by molar-refractivity contribution is 4.54. The molecule has 0 saturated heterocycles. The lowest BCUT2D eigenvalue weighted by Crippen LogP contribution is -1.94. The molecule has 0 N–H and O–H groups in total. The predicted octanol–water partition coefficient (Wildman–Crippen LogP) is 5.56. The molecule has 0 nitrogen and oxygen atoms in total. The summed E-state index contributed by atoms with van der Waals surface area (Å²) in [4.78, 5) is 0. The Morgan fingerprint density at radius 3 is 1.64 bits per heavy atom. The molecular weight excluding hydrogens is 168 g/mol. The van der Waals surface area contributed by atoms with Gasteiger partial charge in [-0.3, -0.25) is 0 Å². The summed E-state index contributed by atoms with van der Waals surface area (Å²) < 4.78 is 0. The lowest BCUT2D eigenvalue weighted by atomic mass is 9.96. The second kappa shape index (κ2) is 11.1. The normalized spacial score (nSPS) is 13.1. The van der Waals surface area contributed by atoms with E-state index < -0.39 is 0 Å². The first-order valence-corrected chi connectivity index (χ1v) is 6.81. The first kappa shape index (κ1) is 14.0. The van der Waals surface area contributed by atoms with E-state index in [-0.39, 0.29) is 0 Å². The van der Waals surface area contributed by atoms with Crippen molar-refractivity contribution in [3.05, 3.63) is 0 Å². The quantitative estimate of drug-likeness (QED) is 0.403. The minimum Gasteiger partial charge on any atom is -0.0654 e. The van der Waals surface area contributed by atoms with E-state index in [1.807, 2.05) is 0 Å². The Bertz CT molecular complexity index is 96.2. The second-order valence-corrected chi connectivity index (χ2v) is 4.80. The molecule has 0 fully saturated rings. The van der Waals surface area contributed by atoms with Crippen LogP contribution in [0.3, 0.4) is 0 Å². The molecule has 0 unspecified atom stereocenters. The van der Waals surface area contributed by atoms with Crippen molar-refractivity contribution in [1.82, 2.24) is 0 Å². The number of rotatable bonds is 10. The number of hydrogen-bond acceptors (Lipinski definition) is 0. The highest BCUT2D eigenvalue weighted by Crippen LogP contribution is 2.17. The van der Waals surface area contributed by atoms with Crippen molar-refractivity contribution in [3.8, 4) is 0 Å². The predicted molar refractivity (Wildman–Crippen MR) is 66.7 cm³/mol. The Kier molecular flexibility index (Phi) is 11.1. The fourth-order valence-corrected chi connectivity index (χ4v) is 1.98. The fraction of sp³-hybridized carbons (Fsp3) is 1.00. The molecule has 0 amide bonds. The van der Waals surface area contributed by atoms with Crippen LogP contribution in [0, 0.1) is 5.92 Å². The van der Waals surface area contributed by atoms with Crippen LogP contribution in [-0.2, 0) is 0 Å². The zero-order valence-electron chi connectivity index (χ0n) is 10.6. The standard InChI is InChI=1S/C14H30/c1-4-6-8-9-11-13-14(3)12-10-7-5-2/h14H,4-13H2,1-3H3/t14-/m0/s1. The zero-order valence-corrected chi connectivity index (χ0v) is 10.6. The molecule has 0 radical (unpaired) electrons. The van der Waals surface area contributed by atoms with Gasteiger partial charge in [-0.15, -0.1) is 0 Å². The van der Waals surface area contributed by atoms with Crippen LogP contribution in [0.1, 0.15) is 85.0 Å². The third-order valence-corrected chi connectivity index (χ3v) is 3.10. The van der Waals surface area contributed by atoms with Crippen molar-refractivity contribution in [1.29, 1.82) is 0 Å². The molecule has 0 aliphatic heterocycles. The third kappa shape index (κ3) is 10.1. The minimum absolute atomic E-state index is 0.975. The molecule has 14 heavy (non-hydrogen) atoms. The Morgan fingerprint density at radius 2 is 1.07 bits per heavy atom. The van der Waals surface area contributed by atoms with Crippen LogP contribution in [-0.4, -0.2) is 0 Å². The summed E-state index contributed by atoms with van der Waals surface area (Å²) in [5.41, 5.74) is 0. The van der Waals surface area contributed by atoms with Crippen LogP contribution in [0.15, 0.2) is 0 Å². The van der Waals surface area contributed by atoms with Gasteiger partial charge in [-0.05, 0) is 5.92 Å². The maximum Gasteiger partial charge on any atom is -0.0443 e. The van der Waals surface area contributed by atoms with E-state index in [0.717, 1.165) is 5.92 Å². The van der Waals surface area contributed by atoms with Crippen molar-refractivity contribution >= 4 is 0 Å². The van der Waals surface area contributed by atoms with Gasteiger partial charge in [-0.1, -0.05) is 85.0 Å². The summed E-state index contributed by atoms with van der Waals surface area (Å²) in [5.74, 6) is 0.975. The van der Waals surface area contributed by atoms with Gasteiger partial charge in [0.25, 0.3) is 0 Å². The van der Waals surface area contributed by atoms with Crippen LogP contribution >= 0.6 is 0 Å². The minimum atomic E-state index is 0.975. The average Bonchev–Trinajstić information content (AvgIpc) is 2.18. The highest BCUT2D eigenvalue weighted by atomic mass is 14.1. The fourth-order valence-electron chi connectivity index (χ4n) is 1.98. The van der Waals surface area contributed by atoms with E-state index in [9.17, 15) is 0 Å². The van der Waals surface area contributed by atoms with Gasteiger partial charge in [0.2, 0.25) is 0 Å². The molecular formula is C14H30. The van der Waals surface area contributed by atoms with Gasteiger partial charge in [-0.25, -0.2) is 0 Å². The lowest BCUT2D eigenvalue weighted by Gasteiger charge is -2.10. The molecule has 0 spiro atoms. The third-order valence-electron chi connectivity index (χ3n) is 3.10. The molecule has 0 aromatic rings. The van der Waals surface area contributed by atoms with E-state index in [4.69, 9.17) is 0 Å². The summed E-state index contributed by atoms with van der Waals surface area (Å²) in [7, 11) is 0. The van der Waals surface area contributed by atoms with Gasteiger partial charge >= 0.3 is 0 Å². The van der Waals surface area contributed by atoms with Crippen LogP contribution in [0.25, 0.3) is 0 Å². The molecule has 0 heteroatoms. The monoisotopic (exact) mass is 198 g/mol. The number of hydrogen-bond donors (Lipinski definition) is 0. The van der Waals surface area contributed by atoms with E-state index in [0.29, 0.717) is 0 Å². The largest absolute Gasteiger partial charge is 0.0654 e. The Labute approximate surface area is 91.5 Å². The van der Waals surface area contributed by atoms with Gasteiger partial charge < -0.3 is 0 Å². The van der Waals surface area contributed by atoms with Crippen molar-refractivity contribution in [2.75, 3.05) is 0 Å².